The van der Waals surface area contributed by atoms with Gasteiger partial charge in [0, 0.05) is 18.3 Å². The molecule has 0 bridgehead atoms. The van der Waals surface area contributed by atoms with Crippen LogP contribution in [0.4, 0.5) is 5.82 Å². The first-order chi connectivity index (χ1) is 5.77. The van der Waals surface area contributed by atoms with Gasteiger partial charge in [-0.2, -0.15) is 5.10 Å². The van der Waals surface area contributed by atoms with Crippen LogP contribution in [0.3, 0.4) is 0 Å². The number of hydrogen-bond donors (Lipinski definition) is 1. The van der Waals surface area contributed by atoms with Gasteiger partial charge in [-0.1, -0.05) is 20.3 Å². The molecule has 1 heterocycles. The predicted octanol–water partition coefficient (Wildman–Crippen LogP) is 1.83. The maximum atomic E-state index is 5.59. The monoisotopic (exact) mass is 167 g/mol. The quantitative estimate of drug-likeness (QED) is 0.743. The Morgan fingerprint density at radius 1 is 1.50 bits per heavy atom. The standard InChI is InChI=1S/C9H17N3/c1-3-5-6-12-8(4-2)7-9(10)11-12/h7H,3-6H2,1-2H3,(H2,10,11). The van der Waals surface area contributed by atoms with Crippen LogP contribution in [-0.4, -0.2) is 9.78 Å². The molecule has 3 nitrogen and oxygen atoms in total. The maximum absolute atomic E-state index is 5.59. The number of unbranched alkanes of at least 4 members (excludes halogenated alkanes) is 1. The van der Waals surface area contributed by atoms with E-state index < -0.39 is 0 Å². The molecule has 0 radical (unpaired) electrons. The van der Waals surface area contributed by atoms with E-state index in [2.05, 4.69) is 18.9 Å². The van der Waals surface area contributed by atoms with E-state index in [1.165, 1.54) is 18.5 Å². The Balaban J connectivity index is 2.68. The van der Waals surface area contributed by atoms with Crippen molar-refractivity contribution in [2.75, 3.05) is 5.73 Å². The lowest BCUT2D eigenvalue weighted by Gasteiger charge is -2.03. The minimum atomic E-state index is 0.642. The molecule has 0 atom stereocenters. The highest BCUT2D eigenvalue weighted by molar-refractivity contribution is 5.29. The number of aromatic nitrogens is 2. The number of anilines is 1. The van der Waals surface area contributed by atoms with Gasteiger partial charge < -0.3 is 5.73 Å². The van der Waals surface area contributed by atoms with Gasteiger partial charge in [0.2, 0.25) is 0 Å². The zero-order valence-electron chi connectivity index (χ0n) is 7.88. The summed E-state index contributed by atoms with van der Waals surface area (Å²) in [5.74, 6) is 0.642. The fraction of sp³-hybridized carbons (Fsp3) is 0.667. The van der Waals surface area contributed by atoms with Gasteiger partial charge in [-0.15, -0.1) is 0 Å². The summed E-state index contributed by atoms with van der Waals surface area (Å²) < 4.78 is 2.01. The highest BCUT2D eigenvalue weighted by Gasteiger charge is 2.01. The lowest BCUT2D eigenvalue weighted by Crippen LogP contribution is -2.04. The Bertz CT molecular complexity index is 240. The van der Waals surface area contributed by atoms with Gasteiger partial charge in [0.05, 0.1) is 0 Å². The summed E-state index contributed by atoms with van der Waals surface area (Å²) in [5.41, 5.74) is 6.83. The van der Waals surface area contributed by atoms with Crippen LogP contribution in [0.15, 0.2) is 6.07 Å². The van der Waals surface area contributed by atoms with Crippen molar-refractivity contribution in [3.05, 3.63) is 11.8 Å². The second-order valence-corrected chi connectivity index (χ2v) is 2.99. The largest absolute Gasteiger partial charge is 0.382 e. The number of hydrogen-bond acceptors (Lipinski definition) is 2. The van der Waals surface area contributed by atoms with Crippen LogP contribution in [0.2, 0.25) is 0 Å². The minimum absolute atomic E-state index is 0.642. The van der Waals surface area contributed by atoms with Gasteiger partial charge in [0.25, 0.3) is 0 Å². The van der Waals surface area contributed by atoms with Crippen molar-refractivity contribution < 1.29 is 0 Å². The molecular formula is C9H17N3. The summed E-state index contributed by atoms with van der Waals surface area (Å²) in [6.07, 6.45) is 3.38. The Morgan fingerprint density at radius 2 is 2.25 bits per heavy atom. The van der Waals surface area contributed by atoms with Crippen molar-refractivity contribution in [3.63, 3.8) is 0 Å². The van der Waals surface area contributed by atoms with Crippen LogP contribution in [0.1, 0.15) is 32.4 Å². The average Bonchev–Trinajstić information content (AvgIpc) is 2.42. The van der Waals surface area contributed by atoms with Crippen LogP contribution < -0.4 is 5.73 Å². The highest BCUT2D eigenvalue weighted by Crippen LogP contribution is 2.07. The lowest BCUT2D eigenvalue weighted by atomic mass is 10.3. The van der Waals surface area contributed by atoms with E-state index in [4.69, 9.17) is 5.73 Å². The molecule has 0 aliphatic rings. The van der Waals surface area contributed by atoms with E-state index in [9.17, 15) is 0 Å². The molecule has 0 aliphatic carbocycles. The Morgan fingerprint density at radius 3 is 2.83 bits per heavy atom. The molecule has 68 valence electrons. The third-order valence-corrected chi connectivity index (χ3v) is 1.97. The second-order valence-electron chi connectivity index (χ2n) is 2.99. The van der Waals surface area contributed by atoms with Crippen LogP contribution >= 0.6 is 0 Å². The third kappa shape index (κ3) is 2.00. The van der Waals surface area contributed by atoms with Crippen LogP contribution in [0.5, 0.6) is 0 Å². The van der Waals surface area contributed by atoms with E-state index in [-0.39, 0.29) is 0 Å². The summed E-state index contributed by atoms with van der Waals surface area (Å²) >= 11 is 0. The molecule has 3 heteroatoms. The highest BCUT2D eigenvalue weighted by atomic mass is 15.3. The van der Waals surface area contributed by atoms with Gasteiger partial charge >= 0.3 is 0 Å². The average molecular weight is 167 g/mol. The number of nitrogen functional groups attached to an aromatic ring is 1. The molecule has 0 unspecified atom stereocenters. The summed E-state index contributed by atoms with van der Waals surface area (Å²) in [6, 6.07) is 1.95. The van der Waals surface area contributed by atoms with E-state index >= 15 is 0 Å². The third-order valence-electron chi connectivity index (χ3n) is 1.97. The van der Waals surface area contributed by atoms with Crippen molar-refractivity contribution >= 4 is 5.82 Å². The van der Waals surface area contributed by atoms with Crippen LogP contribution in [0.25, 0.3) is 0 Å². The molecule has 0 aromatic carbocycles. The normalized spacial score (nSPS) is 10.5. The maximum Gasteiger partial charge on any atom is 0.145 e. The molecule has 0 spiro atoms. The van der Waals surface area contributed by atoms with Gasteiger partial charge in [-0.3, -0.25) is 4.68 Å². The molecule has 0 saturated heterocycles. The fourth-order valence-electron chi connectivity index (χ4n) is 1.26. The Labute approximate surface area is 73.6 Å². The first kappa shape index (κ1) is 9.10. The van der Waals surface area contributed by atoms with Crippen molar-refractivity contribution in [2.24, 2.45) is 0 Å². The van der Waals surface area contributed by atoms with Gasteiger partial charge in [-0.25, -0.2) is 0 Å². The molecular weight excluding hydrogens is 150 g/mol. The van der Waals surface area contributed by atoms with Gasteiger partial charge in [0.1, 0.15) is 5.82 Å². The number of rotatable bonds is 4. The van der Waals surface area contributed by atoms with Crippen LogP contribution in [0, 0.1) is 0 Å². The molecule has 1 rings (SSSR count). The number of aryl methyl sites for hydroxylation is 2. The fourth-order valence-corrected chi connectivity index (χ4v) is 1.26. The first-order valence-corrected chi connectivity index (χ1v) is 4.60. The lowest BCUT2D eigenvalue weighted by molar-refractivity contribution is 0.553. The van der Waals surface area contributed by atoms with Crippen molar-refractivity contribution in [1.82, 2.24) is 9.78 Å². The van der Waals surface area contributed by atoms with E-state index in [1.807, 2.05) is 10.7 Å². The van der Waals surface area contributed by atoms with Gasteiger partial charge in [-0.05, 0) is 12.8 Å². The van der Waals surface area contributed by atoms with Crippen LogP contribution in [-0.2, 0) is 13.0 Å². The smallest absolute Gasteiger partial charge is 0.145 e. The zero-order chi connectivity index (χ0) is 8.97. The summed E-state index contributed by atoms with van der Waals surface area (Å²) in [4.78, 5) is 0. The number of nitrogens with zero attached hydrogens (tertiary/aromatic N) is 2. The zero-order valence-corrected chi connectivity index (χ0v) is 7.88. The molecule has 1 aromatic heterocycles. The molecule has 0 aliphatic heterocycles. The summed E-state index contributed by atoms with van der Waals surface area (Å²) in [7, 11) is 0. The van der Waals surface area contributed by atoms with Crippen molar-refractivity contribution in [1.29, 1.82) is 0 Å². The van der Waals surface area contributed by atoms with Crippen molar-refractivity contribution in [3.8, 4) is 0 Å². The molecule has 12 heavy (non-hydrogen) atoms. The molecule has 0 fully saturated rings. The van der Waals surface area contributed by atoms with Crippen molar-refractivity contribution in [2.45, 2.75) is 39.7 Å². The predicted molar refractivity (Wildman–Crippen MR) is 50.9 cm³/mol. The second kappa shape index (κ2) is 4.14. The summed E-state index contributed by atoms with van der Waals surface area (Å²) in [5, 5.41) is 4.21. The van der Waals surface area contributed by atoms with Gasteiger partial charge in [0.15, 0.2) is 0 Å². The minimum Gasteiger partial charge on any atom is -0.382 e. The molecule has 0 amide bonds. The van der Waals surface area contributed by atoms with E-state index in [0.717, 1.165) is 13.0 Å². The SMILES string of the molecule is CCCCn1nc(N)cc1CC. The first-order valence-electron chi connectivity index (χ1n) is 4.60. The topological polar surface area (TPSA) is 43.8 Å². The summed E-state index contributed by atoms with van der Waals surface area (Å²) in [6.45, 7) is 5.30. The molecule has 1 aromatic rings. The Hall–Kier alpha value is -0.990. The van der Waals surface area contributed by atoms with E-state index in [1.54, 1.807) is 0 Å². The Kier molecular flexibility index (Phi) is 3.14. The molecule has 2 N–H and O–H groups in total. The number of nitrogens with two attached hydrogens (primary N) is 1. The molecule has 0 saturated carbocycles. The van der Waals surface area contributed by atoms with E-state index in [0.29, 0.717) is 5.82 Å².